The van der Waals surface area contributed by atoms with E-state index in [4.69, 9.17) is 10.5 Å². The molecule has 1 aromatic rings. The summed E-state index contributed by atoms with van der Waals surface area (Å²) in [6, 6.07) is 4.12. The van der Waals surface area contributed by atoms with Crippen molar-refractivity contribution in [2.75, 3.05) is 7.11 Å². The number of nitrogens with two attached hydrogens (primary N) is 1. The molecule has 0 saturated heterocycles. The largest absolute Gasteiger partial charge is 0.496 e. The monoisotopic (exact) mass is 259 g/mol. The van der Waals surface area contributed by atoms with Gasteiger partial charge in [0.25, 0.3) is 0 Å². The second-order valence-corrected chi connectivity index (χ2v) is 4.78. The van der Waals surface area contributed by atoms with Gasteiger partial charge in [0.1, 0.15) is 5.75 Å². The van der Waals surface area contributed by atoms with Gasteiger partial charge in [-0.3, -0.25) is 0 Å². The average molecular weight is 259 g/mol. The van der Waals surface area contributed by atoms with Crippen molar-refractivity contribution in [2.45, 2.75) is 37.4 Å². The van der Waals surface area contributed by atoms with Crippen LogP contribution in [0.5, 0.6) is 5.75 Å². The minimum Gasteiger partial charge on any atom is -0.496 e. The molecule has 5 heteroatoms. The summed E-state index contributed by atoms with van der Waals surface area (Å²) in [5, 5.41) is 0. The van der Waals surface area contributed by atoms with E-state index in [1.54, 1.807) is 6.07 Å². The van der Waals surface area contributed by atoms with E-state index in [0.29, 0.717) is 5.56 Å². The second-order valence-electron chi connectivity index (χ2n) is 4.78. The molecule has 2 rings (SSSR count). The van der Waals surface area contributed by atoms with Gasteiger partial charge in [-0.2, -0.15) is 13.2 Å². The quantitative estimate of drug-likeness (QED) is 0.883. The molecule has 1 aliphatic rings. The van der Waals surface area contributed by atoms with E-state index >= 15 is 0 Å². The molecule has 100 valence electrons. The molecule has 18 heavy (non-hydrogen) atoms. The Kier molecular flexibility index (Phi) is 3.27. The maximum Gasteiger partial charge on any atom is 0.419 e. The number of benzene rings is 1. The van der Waals surface area contributed by atoms with Gasteiger partial charge in [-0.15, -0.1) is 0 Å². The van der Waals surface area contributed by atoms with Gasteiger partial charge in [-0.05, 0) is 30.5 Å². The van der Waals surface area contributed by atoms with Gasteiger partial charge in [0.05, 0.1) is 12.7 Å². The summed E-state index contributed by atoms with van der Waals surface area (Å²) >= 11 is 0. The molecule has 0 amide bonds. The lowest BCUT2D eigenvalue weighted by atomic mass is 9.88. The topological polar surface area (TPSA) is 35.2 Å². The molecule has 0 aliphatic heterocycles. The zero-order valence-electron chi connectivity index (χ0n) is 10.2. The Hall–Kier alpha value is -1.23. The molecule has 1 aromatic carbocycles. The number of hydrogen-bond acceptors (Lipinski definition) is 2. The fourth-order valence-electron chi connectivity index (χ4n) is 2.53. The lowest BCUT2D eigenvalue weighted by molar-refractivity contribution is -0.138. The molecule has 1 fully saturated rings. The Morgan fingerprint density at radius 3 is 2.33 bits per heavy atom. The van der Waals surface area contributed by atoms with Crippen LogP contribution in [-0.4, -0.2) is 7.11 Å². The minimum absolute atomic E-state index is 0.159. The van der Waals surface area contributed by atoms with Crippen LogP contribution in [0.4, 0.5) is 13.2 Å². The van der Waals surface area contributed by atoms with Crippen molar-refractivity contribution in [2.24, 2.45) is 5.73 Å². The molecule has 1 saturated carbocycles. The van der Waals surface area contributed by atoms with E-state index in [0.717, 1.165) is 31.7 Å². The summed E-state index contributed by atoms with van der Waals surface area (Å²) in [7, 11) is 1.23. The normalized spacial score (nSPS) is 18.9. The number of hydrogen-bond donors (Lipinski definition) is 1. The van der Waals surface area contributed by atoms with Crippen molar-refractivity contribution in [3.8, 4) is 5.75 Å². The van der Waals surface area contributed by atoms with Crippen molar-refractivity contribution < 1.29 is 17.9 Å². The fraction of sp³-hybridized carbons (Fsp3) is 0.538. The van der Waals surface area contributed by atoms with Crippen LogP contribution < -0.4 is 10.5 Å². The van der Waals surface area contributed by atoms with Crippen molar-refractivity contribution in [3.05, 3.63) is 29.3 Å². The van der Waals surface area contributed by atoms with Crippen LogP contribution in [0.3, 0.4) is 0 Å². The maximum absolute atomic E-state index is 12.9. The first-order valence-corrected chi connectivity index (χ1v) is 5.91. The third kappa shape index (κ3) is 2.32. The van der Waals surface area contributed by atoms with Gasteiger partial charge in [-0.25, -0.2) is 0 Å². The van der Waals surface area contributed by atoms with Crippen LogP contribution >= 0.6 is 0 Å². The van der Waals surface area contributed by atoms with Gasteiger partial charge in [0.2, 0.25) is 0 Å². The van der Waals surface area contributed by atoms with Crippen LogP contribution in [0.15, 0.2) is 18.2 Å². The summed E-state index contributed by atoms with van der Waals surface area (Å²) in [6.07, 6.45) is -1.03. The van der Waals surface area contributed by atoms with Crippen molar-refractivity contribution in [1.29, 1.82) is 0 Å². The van der Waals surface area contributed by atoms with Gasteiger partial charge in [0, 0.05) is 5.54 Å². The van der Waals surface area contributed by atoms with Crippen molar-refractivity contribution in [1.82, 2.24) is 0 Å². The first kappa shape index (κ1) is 13.2. The number of alkyl halides is 3. The number of ether oxygens (including phenoxy) is 1. The molecular weight excluding hydrogens is 243 g/mol. The molecule has 2 nitrogen and oxygen atoms in total. The smallest absolute Gasteiger partial charge is 0.419 e. The van der Waals surface area contributed by atoms with Crippen LogP contribution in [0, 0.1) is 0 Å². The van der Waals surface area contributed by atoms with E-state index in [2.05, 4.69) is 0 Å². The van der Waals surface area contributed by atoms with Crippen molar-refractivity contribution in [3.63, 3.8) is 0 Å². The summed E-state index contributed by atoms with van der Waals surface area (Å²) in [5.74, 6) is -0.159. The Labute approximate surface area is 104 Å². The van der Waals surface area contributed by atoms with Crippen LogP contribution in [0.1, 0.15) is 36.8 Å². The maximum atomic E-state index is 12.9. The van der Waals surface area contributed by atoms with Gasteiger partial charge < -0.3 is 10.5 Å². The molecule has 0 bridgehead atoms. The molecule has 1 aliphatic carbocycles. The lowest BCUT2D eigenvalue weighted by Crippen LogP contribution is -2.33. The van der Waals surface area contributed by atoms with E-state index in [9.17, 15) is 13.2 Å². The summed E-state index contributed by atoms with van der Waals surface area (Å²) in [6.45, 7) is 0. The van der Waals surface area contributed by atoms with Crippen LogP contribution in [-0.2, 0) is 11.7 Å². The first-order chi connectivity index (χ1) is 8.37. The average Bonchev–Trinajstić information content (AvgIpc) is 2.75. The molecule has 0 unspecified atom stereocenters. The highest BCUT2D eigenvalue weighted by Crippen LogP contribution is 2.42. The second kappa shape index (κ2) is 4.46. The van der Waals surface area contributed by atoms with E-state index in [1.165, 1.54) is 13.2 Å². The summed E-state index contributed by atoms with van der Waals surface area (Å²) < 4.78 is 43.5. The molecule has 0 aromatic heterocycles. The molecule has 2 N–H and O–H groups in total. The SMILES string of the molecule is COc1ccc(C2(N)CCCC2)cc1C(F)(F)F. The van der Waals surface area contributed by atoms with E-state index in [1.807, 2.05) is 0 Å². The molecule has 0 heterocycles. The third-order valence-corrected chi connectivity index (χ3v) is 3.58. The van der Waals surface area contributed by atoms with Crippen molar-refractivity contribution >= 4 is 0 Å². The fourth-order valence-corrected chi connectivity index (χ4v) is 2.53. The Morgan fingerprint density at radius 1 is 1.22 bits per heavy atom. The Morgan fingerprint density at radius 2 is 1.83 bits per heavy atom. The Balaban J connectivity index is 2.46. The van der Waals surface area contributed by atoms with Gasteiger partial charge >= 0.3 is 6.18 Å². The van der Waals surface area contributed by atoms with Crippen LogP contribution in [0.2, 0.25) is 0 Å². The zero-order chi connectivity index (χ0) is 13.4. The highest BCUT2D eigenvalue weighted by atomic mass is 19.4. The van der Waals surface area contributed by atoms with Gasteiger partial charge in [0.15, 0.2) is 0 Å². The Bertz CT molecular complexity index is 436. The molecule has 0 atom stereocenters. The number of methoxy groups -OCH3 is 1. The highest BCUT2D eigenvalue weighted by Gasteiger charge is 2.38. The first-order valence-electron chi connectivity index (χ1n) is 5.91. The third-order valence-electron chi connectivity index (χ3n) is 3.58. The van der Waals surface area contributed by atoms with Gasteiger partial charge in [-0.1, -0.05) is 18.9 Å². The zero-order valence-corrected chi connectivity index (χ0v) is 10.2. The molecule has 0 radical (unpaired) electrons. The van der Waals surface area contributed by atoms with Crippen LogP contribution in [0.25, 0.3) is 0 Å². The standard InChI is InChI=1S/C13H16F3NO/c1-18-11-5-4-9(8-10(11)13(14,15)16)12(17)6-2-3-7-12/h4-5,8H,2-3,6-7,17H2,1H3. The summed E-state index contributed by atoms with van der Waals surface area (Å²) in [4.78, 5) is 0. The molecular formula is C13H16F3NO. The summed E-state index contributed by atoms with van der Waals surface area (Å²) in [5.41, 5.74) is 5.36. The van der Waals surface area contributed by atoms with E-state index in [-0.39, 0.29) is 5.75 Å². The predicted molar refractivity (Wildman–Crippen MR) is 62.3 cm³/mol. The predicted octanol–water partition coefficient (Wildman–Crippen LogP) is 3.44. The molecule has 0 spiro atoms. The number of halogens is 3. The number of rotatable bonds is 2. The highest BCUT2D eigenvalue weighted by molar-refractivity contribution is 5.42. The van der Waals surface area contributed by atoms with E-state index < -0.39 is 17.3 Å². The lowest BCUT2D eigenvalue weighted by Gasteiger charge is -2.25. The minimum atomic E-state index is -4.42.